The number of ether oxygens (including phenoxy) is 1. The van der Waals surface area contributed by atoms with Gasteiger partial charge in [-0.05, 0) is 19.1 Å². The highest BCUT2D eigenvalue weighted by atomic mass is 19.4. The summed E-state index contributed by atoms with van der Waals surface area (Å²) in [5, 5.41) is 7.29. The Morgan fingerprint density at radius 2 is 2.08 bits per heavy atom. The van der Waals surface area contributed by atoms with Crippen LogP contribution in [0.4, 0.5) is 13.2 Å². The number of halogens is 3. The number of alkyl halides is 3. The van der Waals surface area contributed by atoms with Gasteiger partial charge in [-0.15, -0.1) is 0 Å². The molecule has 1 unspecified atom stereocenters. The highest BCUT2D eigenvalue weighted by Gasteiger charge is 2.34. The highest BCUT2D eigenvalue weighted by molar-refractivity contribution is 5.50. The molecule has 0 spiro atoms. The lowest BCUT2D eigenvalue weighted by Gasteiger charge is -2.07. The second-order valence-electron chi connectivity index (χ2n) is 4.89. The average molecular weight is 339 g/mol. The molecule has 0 aliphatic heterocycles. The molecule has 3 heterocycles. The Balaban J connectivity index is 1.85. The van der Waals surface area contributed by atoms with Crippen LogP contribution in [-0.4, -0.2) is 32.0 Å². The van der Waals surface area contributed by atoms with E-state index in [4.69, 9.17) is 9.26 Å². The maximum Gasteiger partial charge on any atom is 0.435 e. The smallest absolute Gasteiger partial charge is 0.435 e. The maximum absolute atomic E-state index is 12.6. The van der Waals surface area contributed by atoms with Crippen molar-refractivity contribution in [3.8, 4) is 17.3 Å². The normalized spacial score (nSPS) is 13.0. The zero-order valence-electron chi connectivity index (χ0n) is 12.7. The molecule has 0 bridgehead atoms. The molecule has 0 saturated carbocycles. The molecule has 3 aromatic rings. The van der Waals surface area contributed by atoms with E-state index in [-0.39, 0.29) is 11.7 Å². The molecule has 0 radical (unpaired) electrons. The van der Waals surface area contributed by atoms with Gasteiger partial charge in [0, 0.05) is 18.5 Å². The predicted octanol–water partition coefficient (Wildman–Crippen LogP) is 2.96. The van der Waals surface area contributed by atoms with E-state index in [1.165, 1.54) is 19.5 Å². The predicted molar refractivity (Wildman–Crippen MR) is 75.1 cm³/mol. The van der Waals surface area contributed by atoms with Gasteiger partial charge in [-0.3, -0.25) is 9.67 Å². The third-order valence-electron chi connectivity index (χ3n) is 3.29. The van der Waals surface area contributed by atoms with Crippen molar-refractivity contribution in [2.24, 2.45) is 0 Å². The molecule has 0 aliphatic rings. The van der Waals surface area contributed by atoms with Gasteiger partial charge in [0.15, 0.2) is 5.69 Å². The summed E-state index contributed by atoms with van der Waals surface area (Å²) >= 11 is 0. The summed E-state index contributed by atoms with van der Waals surface area (Å²) < 4.78 is 49.2. The van der Waals surface area contributed by atoms with E-state index in [2.05, 4.69) is 20.2 Å². The lowest BCUT2D eigenvalue weighted by atomic mass is 10.3. The van der Waals surface area contributed by atoms with Gasteiger partial charge >= 0.3 is 6.18 Å². The fraction of sp³-hybridized carbons (Fsp3) is 0.286. The van der Waals surface area contributed by atoms with Crippen LogP contribution in [0, 0.1) is 0 Å². The molecule has 126 valence electrons. The molecular weight excluding hydrogens is 327 g/mol. The largest absolute Gasteiger partial charge is 0.497 e. The molecule has 0 aliphatic carbocycles. The van der Waals surface area contributed by atoms with Crippen LogP contribution in [-0.2, 0) is 6.18 Å². The zero-order valence-corrected chi connectivity index (χ0v) is 12.7. The van der Waals surface area contributed by atoms with Crippen molar-refractivity contribution in [3.05, 3.63) is 42.2 Å². The van der Waals surface area contributed by atoms with Crippen molar-refractivity contribution in [2.45, 2.75) is 19.1 Å². The van der Waals surface area contributed by atoms with Gasteiger partial charge in [0.25, 0.3) is 5.89 Å². The molecule has 7 nitrogen and oxygen atoms in total. The third kappa shape index (κ3) is 3.07. The molecule has 0 fully saturated rings. The minimum Gasteiger partial charge on any atom is -0.497 e. The maximum atomic E-state index is 12.6. The Hall–Kier alpha value is -2.91. The summed E-state index contributed by atoms with van der Waals surface area (Å²) in [6, 6.07) is 3.51. The quantitative estimate of drug-likeness (QED) is 0.727. The molecule has 24 heavy (non-hydrogen) atoms. The second-order valence-corrected chi connectivity index (χ2v) is 4.89. The number of nitrogens with zero attached hydrogens (tertiary/aromatic N) is 5. The molecule has 10 heteroatoms. The van der Waals surface area contributed by atoms with Crippen LogP contribution >= 0.6 is 0 Å². The van der Waals surface area contributed by atoms with Gasteiger partial charge in [-0.1, -0.05) is 5.16 Å². The van der Waals surface area contributed by atoms with Crippen LogP contribution in [0.2, 0.25) is 0 Å². The fourth-order valence-corrected chi connectivity index (χ4v) is 1.99. The van der Waals surface area contributed by atoms with E-state index < -0.39 is 17.9 Å². The van der Waals surface area contributed by atoms with Crippen LogP contribution in [0.5, 0.6) is 5.75 Å². The van der Waals surface area contributed by atoms with Crippen LogP contribution < -0.4 is 4.74 Å². The van der Waals surface area contributed by atoms with Gasteiger partial charge in [0.2, 0.25) is 5.82 Å². The van der Waals surface area contributed by atoms with Crippen LogP contribution in [0.15, 0.2) is 35.1 Å². The van der Waals surface area contributed by atoms with Crippen molar-refractivity contribution in [1.29, 1.82) is 0 Å². The van der Waals surface area contributed by atoms with Gasteiger partial charge < -0.3 is 9.26 Å². The van der Waals surface area contributed by atoms with Crippen molar-refractivity contribution >= 4 is 0 Å². The molecule has 0 aromatic carbocycles. The SMILES string of the molecule is COc1ccnc(-c2noc(C(C)n3ccc(C(F)(F)F)n3)n2)c1. The van der Waals surface area contributed by atoms with Gasteiger partial charge in [0.05, 0.1) is 7.11 Å². The first-order valence-corrected chi connectivity index (χ1v) is 6.85. The minimum atomic E-state index is -4.50. The molecule has 3 aromatic heterocycles. The lowest BCUT2D eigenvalue weighted by Crippen LogP contribution is -2.11. The highest BCUT2D eigenvalue weighted by Crippen LogP contribution is 2.29. The topological polar surface area (TPSA) is 78.9 Å². The van der Waals surface area contributed by atoms with Crippen molar-refractivity contribution in [2.75, 3.05) is 7.11 Å². The van der Waals surface area contributed by atoms with E-state index >= 15 is 0 Å². The Morgan fingerprint density at radius 3 is 2.75 bits per heavy atom. The van der Waals surface area contributed by atoms with Gasteiger partial charge in [-0.2, -0.15) is 23.3 Å². The standard InChI is InChI=1S/C14H12F3N5O2/c1-8(22-6-4-11(20-22)14(15,16)17)13-19-12(21-24-13)10-7-9(23-2)3-5-18-10/h3-8H,1-2H3. The lowest BCUT2D eigenvalue weighted by molar-refractivity contribution is -0.141. The summed E-state index contributed by atoms with van der Waals surface area (Å²) in [6.45, 7) is 1.60. The van der Waals surface area contributed by atoms with E-state index in [0.29, 0.717) is 11.4 Å². The van der Waals surface area contributed by atoms with Gasteiger partial charge in [-0.25, -0.2) is 0 Å². The number of hydrogen-bond acceptors (Lipinski definition) is 6. The minimum absolute atomic E-state index is 0.117. The van der Waals surface area contributed by atoms with Crippen molar-refractivity contribution in [3.63, 3.8) is 0 Å². The number of hydrogen-bond donors (Lipinski definition) is 0. The first-order chi connectivity index (χ1) is 11.4. The first-order valence-electron chi connectivity index (χ1n) is 6.85. The Labute approximate surface area is 134 Å². The number of rotatable bonds is 4. The molecule has 0 amide bonds. The number of aromatic nitrogens is 5. The van der Waals surface area contributed by atoms with Crippen LogP contribution in [0.3, 0.4) is 0 Å². The summed E-state index contributed by atoms with van der Waals surface area (Å²) in [6.07, 6.45) is -1.77. The number of methoxy groups -OCH3 is 1. The average Bonchev–Trinajstić information content (AvgIpc) is 3.23. The van der Waals surface area contributed by atoms with E-state index in [1.54, 1.807) is 19.1 Å². The fourth-order valence-electron chi connectivity index (χ4n) is 1.99. The summed E-state index contributed by atoms with van der Waals surface area (Å²) in [7, 11) is 1.51. The Morgan fingerprint density at radius 1 is 1.29 bits per heavy atom. The Kier molecular flexibility index (Phi) is 3.96. The first kappa shape index (κ1) is 16.0. The van der Waals surface area contributed by atoms with Crippen molar-refractivity contribution < 1.29 is 22.4 Å². The van der Waals surface area contributed by atoms with E-state index in [1.807, 2.05) is 0 Å². The molecule has 0 saturated heterocycles. The second kappa shape index (κ2) is 5.95. The molecule has 1 atom stereocenters. The van der Waals surface area contributed by atoms with Gasteiger partial charge in [0.1, 0.15) is 17.5 Å². The van der Waals surface area contributed by atoms with Crippen molar-refractivity contribution in [1.82, 2.24) is 24.9 Å². The Bertz CT molecular complexity index is 843. The van der Waals surface area contributed by atoms with E-state index in [9.17, 15) is 13.2 Å². The monoisotopic (exact) mass is 339 g/mol. The molecule has 0 N–H and O–H groups in total. The van der Waals surface area contributed by atoms with Crippen LogP contribution in [0.1, 0.15) is 24.6 Å². The van der Waals surface area contributed by atoms with E-state index in [0.717, 1.165) is 10.7 Å². The summed E-state index contributed by atoms with van der Waals surface area (Å²) in [4.78, 5) is 8.27. The number of pyridine rings is 1. The third-order valence-corrected chi connectivity index (χ3v) is 3.29. The zero-order chi connectivity index (χ0) is 17.3. The summed E-state index contributed by atoms with van der Waals surface area (Å²) in [5.41, 5.74) is -0.559. The molecular formula is C14H12F3N5O2. The van der Waals surface area contributed by atoms with Crippen LogP contribution in [0.25, 0.3) is 11.5 Å². The summed E-state index contributed by atoms with van der Waals surface area (Å²) in [5.74, 6) is 0.895. The molecule has 3 rings (SSSR count).